The van der Waals surface area contributed by atoms with Gasteiger partial charge in [-0.1, -0.05) is 17.4 Å². The topological polar surface area (TPSA) is 87.1 Å². The summed E-state index contributed by atoms with van der Waals surface area (Å²) in [7, 11) is 0. The van der Waals surface area contributed by atoms with Gasteiger partial charge in [-0.2, -0.15) is 0 Å². The largest absolute Gasteiger partial charge is 0.387 e. The number of carbonyl (C=O) groups is 1. The van der Waals surface area contributed by atoms with Crippen LogP contribution in [-0.4, -0.2) is 27.9 Å². The van der Waals surface area contributed by atoms with E-state index < -0.39 is 23.8 Å². The number of nitrogens with one attached hydrogen (secondary N) is 2. The summed E-state index contributed by atoms with van der Waals surface area (Å²) < 4.78 is 25.7. The molecule has 1 aromatic carbocycles. The van der Waals surface area contributed by atoms with Crippen molar-refractivity contribution in [1.29, 1.82) is 0 Å². The van der Waals surface area contributed by atoms with Gasteiger partial charge in [-0.3, -0.25) is 5.32 Å². The molecule has 0 fully saturated rings. The van der Waals surface area contributed by atoms with Crippen LogP contribution in [0.3, 0.4) is 0 Å². The maximum absolute atomic E-state index is 13.0. The molecule has 0 spiro atoms. The molecule has 2 aromatic rings. The molecule has 0 radical (unpaired) electrons. The molecular weight excluding hydrogens is 290 g/mol. The maximum Gasteiger partial charge on any atom is 0.321 e. The number of hydrogen-bond acceptors (Lipinski definition) is 5. The molecule has 20 heavy (non-hydrogen) atoms. The summed E-state index contributed by atoms with van der Waals surface area (Å²) in [5.41, 5.74) is 1.62. The van der Waals surface area contributed by atoms with Crippen molar-refractivity contribution in [3.63, 3.8) is 0 Å². The molecule has 2 amide bonds. The van der Waals surface area contributed by atoms with E-state index in [2.05, 4.69) is 20.8 Å². The van der Waals surface area contributed by atoms with Crippen LogP contribution in [0.25, 0.3) is 0 Å². The molecule has 0 aliphatic carbocycles. The van der Waals surface area contributed by atoms with Gasteiger partial charge < -0.3 is 10.4 Å². The molecule has 1 atom stereocenters. The minimum Gasteiger partial charge on any atom is -0.387 e. The van der Waals surface area contributed by atoms with Crippen LogP contribution in [0.15, 0.2) is 23.7 Å². The number of carbonyl (C=O) groups excluding carboxylic acids is 1. The summed E-state index contributed by atoms with van der Waals surface area (Å²) in [5, 5.41) is 22.0. The number of aromatic nitrogens is 2. The highest BCUT2D eigenvalue weighted by atomic mass is 32.1. The Morgan fingerprint density at radius 1 is 1.40 bits per heavy atom. The van der Waals surface area contributed by atoms with E-state index in [-0.39, 0.29) is 12.1 Å². The predicted molar refractivity (Wildman–Crippen MR) is 68.2 cm³/mol. The Hall–Kier alpha value is -2.13. The summed E-state index contributed by atoms with van der Waals surface area (Å²) in [5.74, 6) is -2.05. The van der Waals surface area contributed by atoms with E-state index >= 15 is 0 Å². The number of amides is 2. The van der Waals surface area contributed by atoms with E-state index in [9.17, 15) is 18.7 Å². The minimum atomic E-state index is -1.15. The molecule has 1 aromatic heterocycles. The Bertz CT molecular complexity index is 594. The summed E-state index contributed by atoms with van der Waals surface area (Å²) in [4.78, 5) is 11.4. The smallest absolute Gasteiger partial charge is 0.321 e. The van der Waals surface area contributed by atoms with Gasteiger partial charge in [0.25, 0.3) is 0 Å². The molecule has 1 heterocycles. The Morgan fingerprint density at radius 2 is 2.20 bits per heavy atom. The van der Waals surface area contributed by atoms with Crippen molar-refractivity contribution in [3.8, 4) is 0 Å². The summed E-state index contributed by atoms with van der Waals surface area (Å²) in [6.45, 7) is -0.157. The third-order valence-electron chi connectivity index (χ3n) is 2.36. The van der Waals surface area contributed by atoms with Crippen molar-refractivity contribution >= 4 is 22.5 Å². The Morgan fingerprint density at radius 3 is 2.85 bits per heavy atom. The van der Waals surface area contributed by atoms with Gasteiger partial charge in [0.05, 0.1) is 6.10 Å². The molecule has 0 aliphatic rings. The molecule has 0 saturated heterocycles. The number of urea groups is 1. The van der Waals surface area contributed by atoms with Gasteiger partial charge in [-0.25, -0.2) is 13.6 Å². The lowest BCUT2D eigenvalue weighted by atomic mass is 10.1. The monoisotopic (exact) mass is 300 g/mol. The first-order valence-electron chi connectivity index (χ1n) is 5.50. The van der Waals surface area contributed by atoms with Gasteiger partial charge in [-0.05, 0) is 17.7 Å². The third kappa shape index (κ3) is 3.68. The van der Waals surface area contributed by atoms with Gasteiger partial charge in [0, 0.05) is 6.54 Å². The highest BCUT2D eigenvalue weighted by molar-refractivity contribution is 7.13. The molecule has 2 rings (SSSR count). The molecule has 0 bridgehead atoms. The molecule has 3 N–H and O–H groups in total. The summed E-state index contributed by atoms with van der Waals surface area (Å²) >= 11 is 1.14. The lowest BCUT2D eigenvalue weighted by molar-refractivity contribution is 0.174. The van der Waals surface area contributed by atoms with Gasteiger partial charge in [0.2, 0.25) is 5.13 Å². The fourth-order valence-corrected chi connectivity index (χ4v) is 1.84. The van der Waals surface area contributed by atoms with Crippen molar-refractivity contribution in [2.75, 3.05) is 11.9 Å². The van der Waals surface area contributed by atoms with Crippen LogP contribution >= 0.6 is 11.3 Å². The summed E-state index contributed by atoms with van der Waals surface area (Å²) in [6, 6.07) is 2.45. The van der Waals surface area contributed by atoms with E-state index in [0.29, 0.717) is 5.13 Å². The third-order valence-corrected chi connectivity index (χ3v) is 2.97. The molecule has 1 unspecified atom stereocenters. The highest BCUT2D eigenvalue weighted by Crippen LogP contribution is 2.15. The first-order chi connectivity index (χ1) is 9.56. The van der Waals surface area contributed by atoms with Crippen molar-refractivity contribution in [2.45, 2.75) is 6.10 Å². The Kier molecular flexibility index (Phi) is 4.53. The van der Waals surface area contributed by atoms with Crippen LogP contribution in [0.1, 0.15) is 11.7 Å². The second-order valence-electron chi connectivity index (χ2n) is 3.77. The van der Waals surface area contributed by atoms with Crippen LogP contribution in [0, 0.1) is 11.6 Å². The zero-order valence-corrected chi connectivity index (χ0v) is 10.8. The zero-order valence-electron chi connectivity index (χ0n) is 10.0. The number of hydrogen-bond donors (Lipinski definition) is 3. The quantitative estimate of drug-likeness (QED) is 0.801. The number of rotatable bonds is 4. The van der Waals surface area contributed by atoms with Crippen LogP contribution in [0.5, 0.6) is 0 Å². The first-order valence-corrected chi connectivity index (χ1v) is 6.38. The van der Waals surface area contributed by atoms with E-state index in [0.717, 1.165) is 23.5 Å². The number of anilines is 1. The number of aliphatic hydroxyl groups is 1. The van der Waals surface area contributed by atoms with Gasteiger partial charge in [0.1, 0.15) is 5.51 Å². The van der Waals surface area contributed by atoms with E-state index in [1.54, 1.807) is 0 Å². The lowest BCUT2D eigenvalue weighted by Gasteiger charge is -2.12. The molecule has 6 nitrogen and oxygen atoms in total. The van der Waals surface area contributed by atoms with E-state index in [1.165, 1.54) is 11.6 Å². The van der Waals surface area contributed by atoms with Crippen molar-refractivity contribution < 1.29 is 18.7 Å². The molecule has 106 valence electrons. The lowest BCUT2D eigenvalue weighted by Crippen LogP contribution is -2.32. The van der Waals surface area contributed by atoms with Gasteiger partial charge in [0.15, 0.2) is 11.6 Å². The number of aliphatic hydroxyl groups excluding tert-OH is 1. The maximum atomic E-state index is 13.0. The zero-order chi connectivity index (χ0) is 14.5. The highest BCUT2D eigenvalue weighted by Gasteiger charge is 2.12. The van der Waals surface area contributed by atoms with Gasteiger partial charge >= 0.3 is 6.03 Å². The molecule has 9 heteroatoms. The number of benzene rings is 1. The molecule has 0 saturated carbocycles. The van der Waals surface area contributed by atoms with Crippen molar-refractivity contribution in [1.82, 2.24) is 15.5 Å². The standard InChI is InChI=1S/C11H10F2N4O2S/c12-7-2-1-6(3-8(7)13)9(18)4-14-10(19)16-11-17-15-5-20-11/h1-3,5,9,18H,4H2,(H2,14,16,17,19). The van der Waals surface area contributed by atoms with E-state index in [4.69, 9.17) is 0 Å². The van der Waals surface area contributed by atoms with Crippen molar-refractivity contribution in [3.05, 3.63) is 40.9 Å². The second kappa shape index (κ2) is 6.35. The number of halogens is 2. The normalized spacial score (nSPS) is 11.9. The van der Waals surface area contributed by atoms with E-state index in [1.807, 2.05) is 0 Å². The second-order valence-corrected chi connectivity index (χ2v) is 4.60. The fraction of sp³-hybridized carbons (Fsp3) is 0.182. The average molecular weight is 300 g/mol. The van der Waals surface area contributed by atoms with Crippen LogP contribution in [-0.2, 0) is 0 Å². The number of nitrogens with zero attached hydrogens (tertiary/aromatic N) is 2. The SMILES string of the molecule is O=C(NCC(O)c1ccc(F)c(F)c1)Nc1nncs1. The predicted octanol–water partition coefficient (Wildman–Crippen LogP) is 1.67. The van der Waals surface area contributed by atoms with Crippen molar-refractivity contribution in [2.24, 2.45) is 0 Å². The van der Waals surface area contributed by atoms with Gasteiger partial charge in [-0.15, -0.1) is 10.2 Å². The average Bonchev–Trinajstić information content (AvgIpc) is 2.92. The fourth-order valence-electron chi connectivity index (χ4n) is 1.40. The Labute approximate surface area is 116 Å². The molecule has 0 aliphatic heterocycles. The van der Waals surface area contributed by atoms with Crippen LogP contribution < -0.4 is 10.6 Å². The summed E-state index contributed by atoms with van der Waals surface area (Å²) in [6.07, 6.45) is -1.15. The minimum absolute atomic E-state index is 0.157. The van der Waals surface area contributed by atoms with Crippen LogP contribution in [0.2, 0.25) is 0 Å². The van der Waals surface area contributed by atoms with Crippen LogP contribution in [0.4, 0.5) is 18.7 Å². The first kappa shape index (κ1) is 14.3. The molecular formula is C11H10F2N4O2S. The Balaban J connectivity index is 1.86.